The maximum atomic E-state index is 13.2. The minimum Gasteiger partial charge on any atom is -0.427 e. The van der Waals surface area contributed by atoms with Crippen LogP contribution in [0.3, 0.4) is 0 Å². The number of carbonyl (C=O) groups is 2. The van der Waals surface area contributed by atoms with Gasteiger partial charge in [0.15, 0.2) is 0 Å². The normalized spacial score (nSPS) is 20.5. The standard InChI is InChI=1S/C20H28ClN3O4/c1-20(2,3)27-19(26)28-23-11-10-22-17(13-23)18(25)24(15-8-9-15)12-14-6-4-5-7-16(14)21/h4-7,15,17,22H,8-13H2,1-3H3. The van der Waals surface area contributed by atoms with E-state index in [1.165, 1.54) is 5.06 Å². The van der Waals surface area contributed by atoms with Gasteiger partial charge in [-0.05, 0) is 45.2 Å². The average Bonchev–Trinajstić information content (AvgIpc) is 3.44. The van der Waals surface area contributed by atoms with Crippen molar-refractivity contribution in [3.05, 3.63) is 34.9 Å². The molecule has 1 saturated heterocycles. The second kappa shape index (κ2) is 8.68. The van der Waals surface area contributed by atoms with Crippen LogP contribution in [0.2, 0.25) is 5.02 Å². The Hall–Kier alpha value is -1.83. The van der Waals surface area contributed by atoms with Gasteiger partial charge >= 0.3 is 6.16 Å². The van der Waals surface area contributed by atoms with Gasteiger partial charge in [0.05, 0.1) is 6.54 Å². The first-order chi connectivity index (χ1) is 13.2. The number of hydroxylamine groups is 2. The predicted octanol–water partition coefficient (Wildman–Crippen LogP) is 2.97. The smallest absolute Gasteiger partial charge is 0.427 e. The fourth-order valence-electron chi connectivity index (χ4n) is 3.13. The summed E-state index contributed by atoms with van der Waals surface area (Å²) in [6.45, 7) is 7.14. The summed E-state index contributed by atoms with van der Waals surface area (Å²) in [5.74, 6) is -0.0000848. The predicted molar refractivity (Wildman–Crippen MR) is 106 cm³/mol. The number of amides is 1. The van der Waals surface area contributed by atoms with E-state index in [-0.39, 0.29) is 18.5 Å². The van der Waals surface area contributed by atoms with Crippen molar-refractivity contribution < 1.29 is 19.2 Å². The number of piperazine rings is 1. The number of halogens is 1. The highest BCUT2D eigenvalue weighted by Crippen LogP contribution is 2.30. The Morgan fingerprint density at radius 1 is 1.29 bits per heavy atom. The van der Waals surface area contributed by atoms with Crippen LogP contribution in [0.5, 0.6) is 0 Å². The molecule has 1 N–H and O–H groups in total. The molecule has 0 aromatic heterocycles. The fraction of sp³-hybridized carbons (Fsp3) is 0.600. The van der Waals surface area contributed by atoms with Crippen LogP contribution >= 0.6 is 11.6 Å². The minimum atomic E-state index is -0.754. The molecular weight excluding hydrogens is 382 g/mol. The number of hydrogen-bond donors (Lipinski definition) is 1. The molecule has 1 saturated carbocycles. The third-order valence-electron chi connectivity index (χ3n) is 4.60. The highest BCUT2D eigenvalue weighted by Gasteiger charge is 2.38. The number of carbonyl (C=O) groups excluding carboxylic acids is 2. The zero-order valence-corrected chi connectivity index (χ0v) is 17.4. The molecule has 1 aromatic rings. The molecule has 1 aliphatic heterocycles. The fourth-order valence-corrected chi connectivity index (χ4v) is 3.32. The van der Waals surface area contributed by atoms with Crippen LogP contribution in [0, 0.1) is 0 Å². The molecule has 28 heavy (non-hydrogen) atoms. The van der Waals surface area contributed by atoms with Crippen molar-refractivity contribution in [3.63, 3.8) is 0 Å². The summed E-state index contributed by atoms with van der Waals surface area (Å²) in [5, 5.41) is 5.39. The third-order valence-corrected chi connectivity index (χ3v) is 4.97. The van der Waals surface area contributed by atoms with Crippen molar-refractivity contribution in [1.82, 2.24) is 15.3 Å². The molecule has 1 heterocycles. The maximum absolute atomic E-state index is 13.2. The van der Waals surface area contributed by atoms with Gasteiger partial charge in [-0.2, -0.15) is 0 Å². The molecule has 0 radical (unpaired) electrons. The molecule has 3 rings (SSSR count). The van der Waals surface area contributed by atoms with Crippen molar-refractivity contribution in [3.8, 4) is 0 Å². The Morgan fingerprint density at radius 3 is 2.64 bits per heavy atom. The molecule has 0 bridgehead atoms. The molecule has 1 unspecified atom stereocenters. The van der Waals surface area contributed by atoms with E-state index < -0.39 is 17.8 Å². The monoisotopic (exact) mass is 409 g/mol. The molecule has 1 aromatic carbocycles. The zero-order chi connectivity index (χ0) is 20.3. The molecule has 1 amide bonds. The SMILES string of the molecule is CC(C)(C)OC(=O)ON1CCNC(C(=O)N(Cc2ccccc2Cl)C2CC2)C1. The van der Waals surface area contributed by atoms with E-state index >= 15 is 0 Å². The molecule has 2 aliphatic rings. The number of nitrogens with zero attached hydrogens (tertiary/aromatic N) is 2. The third kappa shape index (κ3) is 5.83. The second-order valence-corrected chi connectivity index (χ2v) is 8.65. The zero-order valence-electron chi connectivity index (χ0n) is 16.6. The van der Waals surface area contributed by atoms with Crippen molar-refractivity contribution in [2.24, 2.45) is 0 Å². The summed E-state index contributed by atoms with van der Waals surface area (Å²) in [6, 6.07) is 7.38. The Balaban J connectivity index is 1.61. The van der Waals surface area contributed by atoms with E-state index in [9.17, 15) is 9.59 Å². The highest BCUT2D eigenvalue weighted by molar-refractivity contribution is 6.31. The van der Waals surface area contributed by atoms with Crippen LogP contribution in [-0.4, -0.2) is 59.3 Å². The number of hydrogen-bond acceptors (Lipinski definition) is 6. The number of benzene rings is 1. The lowest BCUT2D eigenvalue weighted by Gasteiger charge is -2.35. The van der Waals surface area contributed by atoms with Crippen LogP contribution in [0.25, 0.3) is 0 Å². The average molecular weight is 410 g/mol. The topological polar surface area (TPSA) is 71.1 Å². The van der Waals surface area contributed by atoms with Gasteiger partial charge < -0.3 is 19.8 Å². The number of ether oxygens (including phenoxy) is 1. The van der Waals surface area contributed by atoms with Crippen LogP contribution < -0.4 is 5.32 Å². The van der Waals surface area contributed by atoms with Crippen LogP contribution in [-0.2, 0) is 20.9 Å². The summed E-state index contributed by atoms with van der Waals surface area (Å²) in [6.07, 6.45) is 1.25. The number of rotatable bonds is 5. The first-order valence-corrected chi connectivity index (χ1v) is 10.0. The highest BCUT2D eigenvalue weighted by atomic mass is 35.5. The van der Waals surface area contributed by atoms with E-state index in [2.05, 4.69) is 5.32 Å². The van der Waals surface area contributed by atoms with Crippen molar-refractivity contribution in [2.45, 2.75) is 57.8 Å². The first-order valence-electron chi connectivity index (χ1n) is 9.66. The Kier molecular flexibility index (Phi) is 6.47. The summed E-state index contributed by atoms with van der Waals surface area (Å²) in [5.41, 5.74) is 0.306. The molecule has 1 atom stereocenters. The van der Waals surface area contributed by atoms with Crippen LogP contribution in [0.15, 0.2) is 24.3 Å². The van der Waals surface area contributed by atoms with E-state index in [1.54, 1.807) is 20.8 Å². The van der Waals surface area contributed by atoms with E-state index in [0.29, 0.717) is 24.7 Å². The maximum Gasteiger partial charge on any atom is 0.528 e. The van der Waals surface area contributed by atoms with Gasteiger partial charge in [-0.1, -0.05) is 29.8 Å². The Bertz CT molecular complexity index is 718. The van der Waals surface area contributed by atoms with Crippen molar-refractivity contribution in [2.75, 3.05) is 19.6 Å². The quantitative estimate of drug-likeness (QED) is 0.754. The van der Waals surface area contributed by atoms with E-state index in [4.69, 9.17) is 21.2 Å². The molecule has 0 spiro atoms. The summed E-state index contributed by atoms with van der Waals surface area (Å²) in [4.78, 5) is 32.3. The van der Waals surface area contributed by atoms with Crippen molar-refractivity contribution >= 4 is 23.7 Å². The van der Waals surface area contributed by atoms with Gasteiger partial charge in [-0.3, -0.25) is 4.79 Å². The molecular formula is C20H28ClN3O4. The lowest BCUT2D eigenvalue weighted by Crippen LogP contribution is -2.58. The Morgan fingerprint density at radius 2 is 2.00 bits per heavy atom. The Labute approximate surface area is 170 Å². The number of nitrogens with one attached hydrogen (secondary N) is 1. The second-order valence-electron chi connectivity index (χ2n) is 8.24. The van der Waals surface area contributed by atoms with Crippen molar-refractivity contribution in [1.29, 1.82) is 0 Å². The van der Waals surface area contributed by atoms with Crippen LogP contribution in [0.4, 0.5) is 4.79 Å². The molecule has 2 fully saturated rings. The summed E-state index contributed by atoms with van der Waals surface area (Å²) in [7, 11) is 0. The van der Waals surface area contributed by atoms with Gasteiger partial charge in [0.25, 0.3) is 0 Å². The molecule has 7 nitrogen and oxygen atoms in total. The molecule has 8 heteroatoms. The van der Waals surface area contributed by atoms with Gasteiger partial charge in [-0.15, -0.1) is 5.06 Å². The lowest BCUT2D eigenvalue weighted by atomic mass is 10.1. The first kappa shape index (κ1) is 20.9. The van der Waals surface area contributed by atoms with E-state index in [0.717, 1.165) is 18.4 Å². The lowest BCUT2D eigenvalue weighted by molar-refractivity contribution is -0.162. The minimum absolute atomic E-state index is 0.0000848. The van der Waals surface area contributed by atoms with Gasteiger partial charge in [0.2, 0.25) is 5.91 Å². The summed E-state index contributed by atoms with van der Waals surface area (Å²) < 4.78 is 5.19. The van der Waals surface area contributed by atoms with Crippen LogP contribution in [0.1, 0.15) is 39.2 Å². The van der Waals surface area contributed by atoms with Gasteiger partial charge in [0, 0.05) is 30.7 Å². The summed E-state index contributed by atoms with van der Waals surface area (Å²) >= 11 is 6.28. The van der Waals surface area contributed by atoms with Gasteiger partial charge in [0.1, 0.15) is 11.6 Å². The largest absolute Gasteiger partial charge is 0.528 e. The molecule has 1 aliphatic carbocycles. The van der Waals surface area contributed by atoms with Gasteiger partial charge in [-0.25, -0.2) is 4.79 Å². The molecule has 154 valence electrons. The van der Waals surface area contributed by atoms with E-state index in [1.807, 2.05) is 29.2 Å².